The molecule has 3 aliphatic heterocycles. The largest absolute Gasteiger partial charge is 0.352 e. The maximum absolute atomic E-state index is 12.7. The third-order valence-electron chi connectivity index (χ3n) is 5.87. The quantitative estimate of drug-likeness (QED) is 0.761. The number of nitrogens with one attached hydrogen (secondary N) is 1. The number of aromatic nitrogens is 4. The van der Waals surface area contributed by atoms with Crippen molar-refractivity contribution in [2.75, 3.05) is 27.2 Å². The molecule has 1 amide bonds. The first-order valence-corrected chi connectivity index (χ1v) is 10.0. The molecule has 0 aliphatic carbocycles. The molecule has 0 spiro atoms. The topological polar surface area (TPSA) is 79.2 Å². The van der Waals surface area contributed by atoms with Crippen molar-refractivity contribution in [3.8, 4) is 0 Å². The molecule has 150 valence electrons. The molecule has 2 aromatic heterocycles. The molecule has 3 aliphatic rings. The summed E-state index contributed by atoms with van der Waals surface area (Å²) in [5.74, 6) is 0.710. The number of hydrogen-bond donors (Lipinski definition) is 1. The Morgan fingerprint density at radius 3 is 3.00 bits per heavy atom. The fourth-order valence-electron chi connectivity index (χ4n) is 4.49. The third-order valence-corrected chi connectivity index (χ3v) is 5.87. The molecule has 0 radical (unpaired) electrons. The lowest BCUT2D eigenvalue weighted by Gasteiger charge is -2.49. The number of rotatable bonds is 7. The van der Waals surface area contributed by atoms with Crippen molar-refractivity contribution in [2.24, 2.45) is 11.8 Å². The second-order valence-electron chi connectivity index (χ2n) is 8.29. The number of nitrogens with zero attached hydrogens (tertiary/aromatic N) is 6. The van der Waals surface area contributed by atoms with Gasteiger partial charge in [0.2, 0.25) is 5.91 Å². The van der Waals surface area contributed by atoms with Crippen LogP contribution in [0.4, 0.5) is 0 Å². The van der Waals surface area contributed by atoms with Gasteiger partial charge in [-0.1, -0.05) is 11.3 Å². The van der Waals surface area contributed by atoms with Crippen LogP contribution in [-0.2, 0) is 24.4 Å². The predicted octanol–water partition coefficient (Wildman–Crippen LogP) is 0.762. The monoisotopic (exact) mass is 383 g/mol. The molecule has 2 bridgehead atoms. The number of pyridine rings is 1. The van der Waals surface area contributed by atoms with Crippen molar-refractivity contribution >= 4 is 5.91 Å². The summed E-state index contributed by atoms with van der Waals surface area (Å²) in [6.07, 6.45) is 7.74. The Morgan fingerprint density at radius 1 is 1.39 bits per heavy atom. The molecular formula is C20H29N7O. The number of fused-ring (bicyclic) bond motifs is 3. The average Bonchev–Trinajstić information content (AvgIpc) is 3.13. The van der Waals surface area contributed by atoms with E-state index in [-0.39, 0.29) is 11.8 Å². The van der Waals surface area contributed by atoms with Gasteiger partial charge in [-0.05, 0) is 51.0 Å². The van der Waals surface area contributed by atoms with E-state index >= 15 is 0 Å². The lowest BCUT2D eigenvalue weighted by atomic mass is 9.75. The summed E-state index contributed by atoms with van der Waals surface area (Å²) in [5, 5.41) is 11.7. The van der Waals surface area contributed by atoms with Crippen LogP contribution < -0.4 is 5.32 Å². The highest BCUT2D eigenvalue weighted by molar-refractivity contribution is 5.79. The molecule has 2 aromatic rings. The molecule has 8 nitrogen and oxygen atoms in total. The summed E-state index contributed by atoms with van der Waals surface area (Å²) in [6.45, 7) is 4.11. The zero-order chi connectivity index (χ0) is 19.5. The van der Waals surface area contributed by atoms with Gasteiger partial charge in [-0.25, -0.2) is 0 Å². The molecule has 2 unspecified atom stereocenters. The van der Waals surface area contributed by atoms with Crippen molar-refractivity contribution in [1.82, 2.24) is 35.1 Å². The van der Waals surface area contributed by atoms with Crippen LogP contribution in [0.5, 0.6) is 0 Å². The second kappa shape index (κ2) is 8.36. The first-order valence-electron chi connectivity index (χ1n) is 10.0. The first kappa shape index (κ1) is 19.0. The van der Waals surface area contributed by atoms with Gasteiger partial charge >= 0.3 is 0 Å². The van der Waals surface area contributed by atoms with Crippen LogP contribution in [0.2, 0.25) is 0 Å². The lowest BCUT2D eigenvalue weighted by molar-refractivity contribution is -0.133. The van der Waals surface area contributed by atoms with Gasteiger partial charge < -0.3 is 10.2 Å². The van der Waals surface area contributed by atoms with Crippen LogP contribution in [-0.4, -0.2) is 68.9 Å². The molecule has 1 N–H and O–H groups in total. The zero-order valence-corrected chi connectivity index (χ0v) is 16.7. The Kier molecular flexibility index (Phi) is 5.68. The van der Waals surface area contributed by atoms with Gasteiger partial charge in [0.25, 0.3) is 0 Å². The summed E-state index contributed by atoms with van der Waals surface area (Å²) >= 11 is 0. The van der Waals surface area contributed by atoms with Crippen molar-refractivity contribution in [3.05, 3.63) is 42.0 Å². The fraction of sp³-hybridized carbons (Fsp3) is 0.600. The van der Waals surface area contributed by atoms with Crippen LogP contribution in [0, 0.1) is 11.8 Å². The van der Waals surface area contributed by atoms with Gasteiger partial charge in [-0.3, -0.25) is 19.4 Å². The summed E-state index contributed by atoms with van der Waals surface area (Å²) in [5.41, 5.74) is 2.03. The maximum atomic E-state index is 12.7. The maximum Gasteiger partial charge on any atom is 0.224 e. The molecule has 28 heavy (non-hydrogen) atoms. The highest BCUT2D eigenvalue weighted by Crippen LogP contribution is 2.36. The Hall–Kier alpha value is -2.32. The zero-order valence-electron chi connectivity index (χ0n) is 16.7. The number of hydrogen-bond acceptors (Lipinski definition) is 6. The van der Waals surface area contributed by atoms with E-state index in [1.54, 1.807) is 12.4 Å². The Balaban J connectivity index is 1.31. The van der Waals surface area contributed by atoms with Crippen molar-refractivity contribution in [2.45, 2.75) is 38.5 Å². The number of carbonyl (C=O) groups excluding carboxylic acids is 1. The Labute approximate surface area is 165 Å². The molecule has 8 heteroatoms. The van der Waals surface area contributed by atoms with Gasteiger partial charge in [0.1, 0.15) is 0 Å². The van der Waals surface area contributed by atoms with Crippen LogP contribution in [0.25, 0.3) is 0 Å². The minimum atomic E-state index is 0.0849. The number of carbonyl (C=O) groups is 1. The molecule has 3 fully saturated rings. The smallest absolute Gasteiger partial charge is 0.224 e. The van der Waals surface area contributed by atoms with E-state index in [0.29, 0.717) is 18.5 Å². The average molecular weight is 384 g/mol. The van der Waals surface area contributed by atoms with Crippen molar-refractivity contribution in [1.29, 1.82) is 0 Å². The van der Waals surface area contributed by atoms with Gasteiger partial charge in [0.15, 0.2) is 0 Å². The highest BCUT2D eigenvalue weighted by atomic mass is 16.1. The van der Waals surface area contributed by atoms with Crippen LogP contribution in [0.15, 0.2) is 30.7 Å². The normalized spacial score (nSPS) is 26.5. The summed E-state index contributed by atoms with van der Waals surface area (Å²) in [7, 11) is 4.06. The molecule has 0 saturated carbocycles. The lowest BCUT2D eigenvalue weighted by Crippen LogP contribution is -2.58. The van der Waals surface area contributed by atoms with Gasteiger partial charge in [-0.15, -0.1) is 5.10 Å². The molecule has 3 saturated heterocycles. The van der Waals surface area contributed by atoms with Gasteiger partial charge in [0, 0.05) is 44.3 Å². The van der Waals surface area contributed by atoms with Crippen molar-refractivity contribution in [3.63, 3.8) is 0 Å². The summed E-state index contributed by atoms with van der Waals surface area (Å²) < 4.78 is 1.96. The third kappa shape index (κ3) is 4.39. The van der Waals surface area contributed by atoms with Crippen LogP contribution in [0.1, 0.15) is 24.1 Å². The fourth-order valence-corrected chi connectivity index (χ4v) is 4.49. The van der Waals surface area contributed by atoms with E-state index in [9.17, 15) is 4.79 Å². The minimum absolute atomic E-state index is 0.0849. The summed E-state index contributed by atoms with van der Waals surface area (Å²) in [4.78, 5) is 21.4. The van der Waals surface area contributed by atoms with Crippen molar-refractivity contribution < 1.29 is 4.79 Å². The predicted molar refractivity (Wildman–Crippen MR) is 105 cm³/mol. The second-order valence-corrected chi connectivity index (χ2v) is 8.29. The van der Waals surface area contributed by atoms with Crippen LogP contribution >= 0.6 is 0 Å². The highest BCUT2D eigenvalue weighted by Gasteiger charge is 2.43. The molecule has 5 heterocycles. The van der Waals surface area contributed by atoms with Crippen LogP contribution in [0.3, 0.4) is 0 Å². The van der Waals surface area contributed by atoms with E-state index in [1.807, 2.05) is 37.1 Å². The van der Waals surface area contributed by atoms with E-state index in [0.717, 1.165) is 50.3 Å². The first-order chi connectivity index (χ1) is 13.6. The molecule has 0 aromatic carbocycles. The molecular weight excluding hydrogens is 354 g/mol. The number of amides is 1. The SMILES string of the molecule is CN(C)Cc1cn(C[C@H]2CC3CCN2C[C@@H]3C(=O)NCc2cccnc2)nn1. The Bertz CT molecular complexity index is 791. The Morgan fingerprint density at radius 2 is 2.29 bits per heavy atom. The number of piperidine rings is 3. The van der Waals surface area contributed by atoms with Gasteiger partial charge in [0.05, 0.1) is 18.2 Å². The van der Waals surface area contributed by atoms with E-state index in [4.69, 9.17) is 0 Å². The van der Waals surface area contributed by atoms with E-state index < -0.39 is 0 Å². The molecule has 5 rings (SSSR count). The van der Waals surface area contributed by atoms with E-state index in [1.165, 1.54) is 0 Å². The van der Waals surface area contributed by atoms with Gasteiger partial charge in [-0.2, -0.15) is 0 Å². The van der Waals surface area contributed by atoms with E-state index in [2.05, 4.69) is 30.4 Å². The standard InChI is InChI=1S/C20H29N7O/c1-25(2)11-17-12-27(24-23-17)13-18-8-16-5-7-26(18)14-19(16)20(28)22-10-15-4-3-6-21-9-15/h3-4,6,9,12,16,18-19H,5,7-8,10-11,13-14H2,1-2H3,(H,22,28)/t16?,18-,19+/m1/s1. The molecule has 4 atom stereocenters. The minimum Gasteiger partial charge on any atom is -0.352 e. The summed E-state index contributed by atoms with van der Waals surface area (Å²) in [6, 6.07) is 4.33.